The molecule has 5 rings (SSSR count). The zero-order chi connectivity index (χ0) is 23.1. The molecule has 0 amide bonds. The van der Waals surface area contributed by atoms with E-state index >= 15 is 0 Å². The quantitative estimate of drug-likeness (QED) is 0.403. The average molecular weight is 454 g/mol. The summed E-state index contributed by atoms with van der Waals surface area (Å²) in [6, 6.07) is 20.8. The third-order valence-electron chi connectivity index (χ3n) is 6.29. The van der Waals surface area contributed by atoms with Gasteiger partial charge in [0.25, 0.3) is 0 Å². The lowest BCUT2D eigenvalue weighted by atomic mass is 9.96. The van der Waals surface area contributed by atoms with Crippen molar-refractivity contribution in [2.75, 3.05) is 4.90 Å². The molecular formula is C27H27N5S. The highest BCUT2D eigenvalue weighted by Crippen LogP contribution is 2.43. The number of anilines is 1. The summed E-state index contributed by atoms with van der Waals surface area (Å²) < 4.78 is 2.22. The normalized spacial score (nSPS) is 17.9. The molecule has 33 heavy (non-hydrogen) atoms. The van der Waals surface area contributed by atoms with Crippen molar-refractivity contribution in [1.82, 2.24) is 19.9 Å². The largest absolute Gasteiger partial charge is 0.351 e. The molecular weight excluding hydrogens is 426 g/mol. The smallest absolute Gasteiger partial charge is 0.174 e. The standard InChI is InChI=1S/C27H27N5S/c1-17-8-7-9-21(14-17)32-26(25(30-27(32)33)23-10-5-6-13-28-23)22-15-19(3)31(20(22)4)24-12-11-18(2)16-29-24/h5-16,25-26H,1-4H3,(H,30,33)/t25-,26+/m0/s1. The first-order valence-electron chi connectivity index (χ1n) is 11.1. The monoisotopic (exact) mass is 453 g/mol. The van der Waals surface area contributed by atoms with Gasteiger partial charge in [-0.2, -0.15) is 0 Å². The Labute approximate surface area is 200 Å². The molecule has 1 fully saturated rings. The molecule has 1 N–H and O–H groups in total. The predicted octanol–water partition coefficient (Wildman–Crippen LogP) is 5.68. The molecule has 0 radical (unpaired) electrons. The molecule has 166 valence electrons. The van der Waals surface area contributed by atoms with Crippen LogP contribution in [-0.4, -0.2) is 19.6 Å². The van der Waals surface area contributed by atoms with E-state index in [1.54, 1.807) is 0 Å². The zero-order valence-corrected chi connectivity index (χ0v) is 20.1. The van der Waals surface area contributed by atoms with Crippen LogP contribution in [-0.2, 0) is 0 Å². The van der Waals surface area contributed by atoms with Crippen LogP contribution in [0.25, 0.3) is 5.82 Å². The number of hydrogen-bond acceptors (Lipinski definition) is 3. The molecule has 0 spiro atoms. The van der Waals surface area contributed by atoms with Gasteiger partial charge in [0.1, 0.15) is 5.82 Å². The van der Waals surface area contributed by atoms with E-state index in [0.29, 0.717) is 5.11 Å². The van der Waals surface area contributed by atoms with Crippen LogP contribution in [0.15, 0.2) is 73.1 Å². The van der Waals surface area contributed by atoms with E-state index in [4.69, 9.17) is 12.2 Å². The Bertz CT molecular complexity index is 1310. The van der Waals surface area contributed by atoms with Gasteiger partial charge in [0.05, 0.1) is 17.8 Å². The lowest BCUT2D eigenvalue weighted by Crippen LogP contribution is -2.29. The molecule has 0 bridgehead atoms. The molecule has 0 unspecified atom stereocenters. The van der Waals surface area contributed by atoms with E-state index in [1.165, 1.54) is 11.1 Å². The Morgan fingerprint density at radius 3 is 2.42 bits per heavy atom. The van der Waals surface area contributed by atoms with Gasteiger partial charge in [0.2, 0.25) is 0 Å². The van der Waals surface area contributed by atoms with Crippen molar-refractivity contribution in [3.8, 4) is 5.82 Å². The second-order valence-corrected chi connectivity index (χ2v) is 9.08. The summed E-state index contributed by atoms with van der Waals surface area (Å²) in [5.74, 6) is 0.923. The number of nitrogens with one attached hydrogen (secondary N) is 1. The van der Waals surface area contributed by atoms with Crippen LogP contribution >= 0.6 is 12.2 Å². The SMILES string of the molecule is Cc1ccc(-n2c(C)cc([C@@H]3[C@H](c4ccccn4)NC(=S)N3c3cccc(C)c3)c2C)nc1. The number of rotatable bonds is 4. The van der Waals surface area contributed by atoms with E-state index in [0.717, 1.165) is 34.2 Å². The number of aryl methyl sites for hydroxylation is 3. The van der Waals surface area contributed by atoms with Gasteiger partial charge in [-0.15, -0.1) is 0 Å². The lowest BCUT2D eigenvalue weighted by Gasteiger charge is -2.28. The molecule has 4 aromatic rings. The highest BCUT2D eigenvalue weighted by Gasteiger charge is 2.42. The minimum absolute atomic E-state index is 0.0420. The first kappa shape index (κ1) is 21.3. The van der Waals surface area contributed by atoms with Gasteiger partial charge in [-0.05, 0) is 93.0 Å². The maximum absolute atomic E-state index is 5.88. The molecule has 0 aliphatic carbocycles. The van der Waals surface area contributed by atoms with Gasteiger partial charge in [-0.1, -0.05) is 24.3 Å². The number of benzene rings is 1. The van der Waals surface area contributed by atoms with Gasteiger partial charge >= 0.3 is 0 Å². The van der Waals surface area contributed by atoms with Crippen LogP contribution in [0.3, 0.4) is 0 Å². The van der Waals surface area contributed by atoms with Gasteiger partial charge in [0.15, 0.2) is 5.11 Å². The maximum Gasteiger partial charge on any atom is 0.174 e. The van der Waals surface area contributed by atoms with Crippen molar-refractivity contribution in [2.45, 2.75) is 39.8 Å². The van der Waals surface area contributed by atoms with E-state index in [-0.39, 0.29) is 12.1 Å². The number of hydrogen-bond donors (Lipinski definition) is 1. The topological polar surface area (TPSA) is 46.0 Å². The molecule has 0 saturated carbocycles. The van der Waals surface area contributed by atoms with Crippen molar-refractivity contribution in [1.29, 1.82) is 0 Å². The van der Waals surface area contributed by atoms with Gasteiger partial charge in [0, 0.05) is 29.5 Å². The molecule has 5 nitrogen and oxygen atoms in total. The molecule has 1 saturated heterocycles. The summed E-state index contributed by atoms with van der Waals surface area (Å²) in [5, 5.41) is 4.27. The molecule has 1 aliphatic heterocycles. The molecule has 6 heteroatoms. The Kier molecular flexibility index (Phi) is 5.46. The molecule has 1 aromatic carbocycles. The van der Waals surface area contributed by atoms with Gasteiger partial charge < -0.3 is 14.8 Å². The summed E-state index contributed by atoms with van der Waals surface area (Å²) in [4.78, 5) is 11.6. The van der Waals surface area contributed by atoms with Crippen LogP contribution in [0, 0.1) is 27.7 Å². The van der Waals surface area contributed by atoms with Crippen LogP contribution in [0.2, 0.25) is 0 Å². The first-order chi connectivity index (χ1) is 15.9. The highest BCUT2D eigenvalue weighted by molar-refractivity contribution is 7.80. The molecule has 1 aliphatic rings. The summed E-state index contributed by atoms with van der Waals surface area (Å²) in [5.41, 5.74) is 7.89. The van der Waals surface area contributed by atoms with Crippen LogP contribution in [0.1, 0.15) is 45.9 Å². The number of nitrogens with zero attached hydrogens (tertiary/aromatic N) is 4. The second kappa shape index (κ2) is 8.45. The minimum atomic E-state index is -0.0702. The van der Waals surface area contributed by atoms with E-state index < -0.39 is 0 Å². The summed E-state index contributed by atoms with van der Waals surface area (Å²) >= 11 is 5.88. The van der Waals surface area contributed by atoms with Crippen molar-refractivity contribution in [3.63, 3.8) is 0 Å². The Morgan fingerprint density at radius 1 is 0.879 bits per heavy atom. The van der Waals surface area contributed by atoms with Crippen molar-refractivity contribution >= 4 is 23.0 Å². The predicted molar refractivity (Wildman–Crippen MR) is 137 cm³/mol. The first-order valence-corrected chi connectivity index (χ1v) is 11.5. The molecule has 4 heterocycles. The fourth-order valence-electron chi connectivity index (χ4n) is 4.76. The lowest BCUT2D eigenvalue weighted by molar-refractivity contribution is 0.565. The number of pyridine rings is 2. The van der Waals surface area contributed by atoms with Crippen molar-refractivity contribution < 1.29 is 0 Å². The highest BCUT2D eigenvalue weighted by atomic mass is 32.1. The van der Waals surface area contributed by atoms with E-state index in [2.05, 4.69) is 101 Å². The number of thiocarbonyl (C=S) groups is 1. The Morgan fingerprint density at radius 2 is 1.73 bits per heavy atom. The van der Waals surface area contributed by atoms with E-state index in [9.17, 15) is 0 Å². The zero-order valence-electron chi connectivity index (χ0n) is 19.3. The summed E-state index contributed by atoms with van der Waals surface area (Å²) in [7, 11) is 0. The summed E-state index contributed by atoms with van der Waals surface area (Å²) in [6.45, 7) is 8.46. The maximum atomic E-state index is 5.88. The van der Waals surface area contributed by atoms with Gasteiger partial charge in [-0.3, -0.25) is 4.98 Å². The van der Waals surface area contributed by atoms with Crippen LogP contribution in [0.5, 0.6) is 0 Å². The van der Waals surface area contributed by atoms with E-state index in [1.807, 2.05) is 24.5 Å². The van der Waals surface area contributed by atoms with Gasteiger partial charge in [-0.25, -0.2) is 4.98 Å². The fourth-order valence-corrected chi connectivity index (χ4v) is 5.10. The fraction of sp³-hybridized carbons (Fsp3) is 0.222. The molecule has 3 aromatic heterocycles. The third kappa shape index (κ3) is 3.80. The Balaban J connectivity index is 1.68. The average Bonchev–Trinajstić information content (AvgIpc) is 3.30. The van der Waals surface area contributed by atoms with Crippen molar-refractivity contribution in [3.05, 3.63) is 107 Å². The second-order valence-electron chi connectivity index (χ2n) is 8.69. The molecule has 2 atom stereocenters. The Hall–Kier alpha value is -3.51. The van der Waals surface area contributed by atoms with Crippen molar-refractivity contribution in [2.24, 2.45) is 0 Å². The van der Waals surface area contributed by atoms with Crippen LogP contribution < -0.4 is 10.2 Å². The number of aromatic nitrogens is 3. The van der Waals surface area contributed by atoms with Crippen LogP contribution in [0.4, 0.5) is 5.69 Å². The third-order valence-corrected chi connectivity index (χ3v) is 6.61. The minimum Gasteiger partial charge on any atom is -0.351 e. The summed E-state index contributed by atoms with van der Waals surface area (Å²) in [6.07, 6.45) is 3.75.